The number of hydrogen-bond acceptors (Lipinski definition) is 3. The Morgan fingerprint density at radius 1 is 1.44 bits per heavy atom. The third-order valence-electron chi connectivity index (χ3n) is 3.71. The second-order valence-electron chi connectivity index (χ2n) is 5.01. The van der Waals surface area contributed by atoms with E-state index in [9.17, 15) is 9.59 Å². The Balaban J connectivity index is 1.88. The van der Waals surface area contributed by atoms with Crippen molar-refractivity contribution in [2.75, 3.05) is 13.1 Å². The van der Waals surface area contributed by atoms with Gasteiger partial charge >= 0.3 is 5.97 Å². The van der Waals surface area contributed by atoms with Crippen LogP contribution in [0.15, 0.2) is 0 Å². The van der Waals surface area contributed by atoms with Gasteiger partial charge in [-0.2, -0.15) is 0 Å². The predicted molar refractivity (Wildman–Crippen MR) is 57.7 cm³/mol. The van der Waals surface area contributed by atoms with Gasteiger partial charge in [-0.25, -0.2) is 0 Å². The molecule has 3 N–H and O–H groups in total. The highest BCUT2D eigenvalue weighted by molar-refractivity contribution is 5.87. The molecule has 5 heteroatoms. The molecule has 0 aromatic rings. The fourth-order valence-electron chi connectivity index (χ4n) is 2.52. The van der Waals surface area contributed by atoms with Gasteiger partial charge in [0.25, 0.3) is 0 Å². The molecule has 0 bridgehead atoms. The van der Waals surface area contributed by atoms with Gasteiger partial charge in [0.05, 0.1) is 5.54 Å². The van der Waals surface area contributed by atoms with E-state index in [0.717, 1.165) is 25.7 Å². The molecule has 1 aliphatic heterocycles. The van der Waals surface area contributed by atoms with Gasteiger partial charge in [0, 0.05) is 19.5 Å². The molecule has 1 amide bonds. The van der Waals surface area contributed by atoms with Gasteiger partial charge in [0.1, 0.15) is 0 Å². The Labute approximate surface area is 94.6 Å². The van der Waals surface area contributed by atoms with E-state index >= 15 is 0 Å². The van der Waals surface area contributed by atoms with Crippen molar-refractivity contribution in [3.05, 3.63) is 0 Å². The molecule has 1 aliphatic carbocycles. The Hall–Kier alpha value is -1.10. The quantitative estimate of drug-likeness (QED) is 0.719. The van der Waals surface area contributed by atoms with Gasteiger partial charge < -0.3 is 15.7 Å². The van der Waals surface area contributed by atoms with Crippen LogP contribution in [-0.4, -0.2) is 40.5 Å². The number of aliphatic carboxylic acids is 1. The van der Waals surface area contributed by atoms with Crippen LogP contribution in [-0.2, 0) is 9.59 Å². The van der Waals surface area contributed by atoms with Crippen LogP contribution in [0.5, 0.6) is 0 Å². The number of hydrogen-bond donors (Lipinski definition) is 2. The average molecular weight is 226 g/mol. The first kappa shape index (κ1) is 11.4. The maximum atomic E-state index is 12.0. The van der Waals surface area contributed by atoms with E-state index in [0.29, 0.717) is 13.1 Å². The molecule has 2 aliphatic rings. The number of carboxylic acids is 1. The van der Waals surface area contributed by atoms with Crippen LogP contribution >= 0.6 is 0 Å². The van der Waals surface area contributed by atoms with E-state index in [4.69, 9.17) is 10.8 Å². The van der Waals surface area contributed by atoms with Crippen LogP contribution in [0.2, 0.25) is 0 Å². The zero-order chi connectivity index (χ0) is 11.8. The lowest BCUT2D eigenvalue weighted by atomic mass is 9.76. The van der Waals surface area contributed by atoms with Crippen molar-refractivity contribution in [1.29, 1.82) is 0 Å². The summed E-state index contributed by atoms with van der Waals surface area (Å²) in [5.41, 5.74) is 5.32. The van der Waals surface area contributed by atoms with Crippen molar-refractivity contribution >= 4 is 11.9 Å². The van der Waals surface area contributed by atoms with Gasteiger partial charge in [0.2, 0.25) is 5.91 Å². The molecule has 5 nitrogen and oxygen atoms in total. The summed E-state index contributed by atoms with van der Waals surface area (Å²) < 4.78 is 0. The summed E-state index contributed by atoms with van der Waals surface area (Å²) in [5.74, 6) is -0.665. The third-order valence-corrected chi connectivity index (χ3v) is 3.71. The minimum absolute atomic E-state index is 0.0200. The lowest BCUT2D eigenvalue weighted by Crippen LogP contribution is -2.59. The Morgan fingerprint density at radius 3 is 2.62 bits per heavy atom. The standard InChI is InChI=1S/C11H18N2O3/c12-11(3-1-4-11)10(16)13-5-2-8(7-13)6-9(14)15/h8H,1-7,12H2,(H,14,15). The van der Waals surface area contributed by atoms with Crippen molar-refractivity contribution in [2.24, 2.45) is 11.7 Å². The Kier molecular flexibility index (Phi) is 2.88. The fraction of sp³-hybridized carbons (Fsp3) is 0.818. The summed E-state index contributed by atoms with van der Waals surface area (Å²) >= 11 is 0. The van der Waals surface area contributed by atoms with Gasteiger partial charge in [-0.1, -0.05) is 0 Å². The van der Waals surface area contributed by atoms with E-state index < -0.39 is 11.5 Å². The molecule has 16 heavy (non-hydrogen) atoms. The highest BCUT2D eigenvalue weighted by Gasteiger charge is 2.44. The van der Waals surface area contributed by atoms with Gasteiger partial charge in [-0.15, -0.1) is 0 Å². The van der Waals surface area contributed by atoms with Crippen LogP contribution in [0.1, 0.15) is 32.1 Å². The monoisotopic (exact) mass is 226 g/mol. The second kappa shape index (κ2) is 4.05. The number of carbonyl (C=O) groups excluding carboxylic acids is 1. The van der Waals surface area contributed by atoms with Crippen molar-refractivity contribution in [2.45, 2.75) is 37.6 Å². The van der Waals surface area contributed by atoms with E-state index in [2.05, 4.69) is 0 Å². The van der Waals surface area contributed by atoms with Gasteiger partial charge in [0.15, 0.2) is 0 Å². The number of nitrogens with zero attached hydrogens (tertiary/aromatic N) is 1. The molecular formula is C11H18N2O3. The number of rotatable bonds is 3. The lowest BCUT2D eigenvalue weighted by molar-refractivity contribution is -0.140. The second-order valence-corrected chi connectivity index (χ2v) is 5.01. The van der Waals surface area contributed by atoms with Gasteiger partial charge in [-0.3, -0.25) is 9.59 Å². The summed E-state index contributed by atoms with van der Waals surface area (Å²) in [6.07, 6.45) is 3.50. The van der Waals surface area contributed by atoms with Crippen LogP contribution in [0.4, 0.5) is 0 Å². The van der Waals surface area contributed by atoms with Crippen molar-refractivity contribution in [3.8, 4) is 0 Å². The van der Waals surface area contributed by atoms with E-state index in [1.165, 1.54) is 0 Å². The Morgan fingerprint density at radius 2 is 2.12 bits per heavy atom. The molecule has 2 rings (SSSR count). The summed E-state index contributed by atoms with van der Waals surface area (Å²) in [6.45, 7) is 1.22. The zero-order valence-corrected chi connectivity index (χ0v) is 9.32. The van der Waals surface area contributed by atoms with Crippen molar-refractivity contribution in [3.63, 3.8) is 0 Å². The maximum absolute atomic E-state index is 12.0. The normalized spacial score (nSPS) is 27.6. The summed E-state index contributed by atoms with van der Waals surface area (Å²) in [5, 5.41) is 8.69. The van der Waals surface area contributed by atoms with Crippen LogP contribution in [0, 0.1) is 5.92 Å². The number of amides is 1. The summed E-state index contributed by atoms with van der Waals surface area (Å²) in [6, 6.07) is 0. The smallest absolute Gasteiger partial charge is 0.303 e. The summed E-state index contributed by atoms with van der Waals surface area (Å²) in [4.78, 5) is 24.3. The highest BCUT2D eigenvalue weighted by atomic mass is 16.4. The number of carbonyl (C=O) groups is 2. The SMILES string of the molecule is NC1(C(=O)N2CCC(CC(=O)O)C2)CCC1. The predicted octanol–water partition coefficient (Wildman–Crippen LogP) is 0.191. The number of likely N-dealkylation sites (tertiary alicyclic amines) is 1. The maximum Gasteiger partial charge on any atom is 0.303 e. The molecule has 0 aromatic carbocycles. The molecule has 0 spiro atoms. The molecule has 0 radical (unpaired) electrons. The van der Waals surface area contributed by atoms with Crippen molar-refractivity contribution in [1.82, 2.24) is 4.90 Å². The Bertz CT molecular complexity index is 312. The minimum atomic E-state index is -0.787. The van der Waals surface area contributed by atoms with Crippen molar-refractivity contribution < 1.29 is 14.7 Å². The van der Waals surface area contributed by atoms with Crippen LogP contribution in [0.3, 0.4) is 0 Å². The number of nitrogens with two attached hydrogens (primary N) is 1. The van der Waals surface area contributed by atoms with E-state index in [-0.39, 0.29) is 18.2 Å². The average Bonchev–Trinajstić information content (AvgIpc) is 2.60. The minimum Gasteiger partial charge on any atom is -0.481 e. The molecule has 2 fully saturated rings. The molecule has 1 saturated heterocycles. The van der Waals surface area contributed by atoms with E-state index in [1.807, 2.05) is 0 Å². The van der Waals surface area contributed by atoms with E-state index in [1.54, 1.807) is 4.90 Å². The lowest BCUT2D eigenvalue weighted by Gasteiger charge is -2.39. The molecule has 1 unspecified atom stereocenters. The highest BCUT2D eigenvalue weighted by Crippen LogP contribution is 2.33. The molecule has 1 atom stereocenters. The van der Waals surface area contributed by atoms with Crippen LogP contribution < -0.4 is 5.73 Å². The third kappa shape index (κ3) is 2.04. The first-order chi connectivity index (χ1) is 7.51. The van der Waals surface area contributed by atoms with Crippen LogP contribution in [0.25, 0.3) is 0 Å². The summed E-state index contributed by atoms with van der Waals surface area (Å²) in [7, 11) is 0. The zero-order valence-electron chi connectivity index (χ0n) is 9.32. The topological polar surface area (TPSA) is 83.6 Å². The molecule has 1 heterocycles. The molecule has 0 aromatic heterocycles. The largest absolute Gasteiger partial charge is 0.481 e. The molecule has 1 saturated carbocycles. The first-order valence-electron chi connectivity index (χ1n) is 5.81. The molecule has 90 valence electrons. The number of carboxylic acid groups (broad SMARTS) is 1. The molecular weight excluding hydrogens is 208 g/mol. The van der Waals surface area contributed by atoms with Gasteiger partial charge in [-0.05, 0) is 31.6 Å². The fourth-order valence-corrected chi connectivity index (χ4v) is 2.52. The first-order valence-corrected chi connectivity index (χ1v) is 5.81.